The lowest BCUT2D eigenvalue weighted by molar-refractivity contribution is 0.0505. The van der Waals surface area contributed by atoms with Crippen LogP contribution in [-0.2, 0) is 4.74 Å². The summed E-state index contributed by atoms with van der Waals surface area (Å²) in [6, 6.07) is 0.125. The molecule has 1 fully saturated rings. The molecule has 0 bridgehead atoms. The SMILES string of the molecule is C=CC(N)C1CCCOC1. The fourth-order valence-corrected chi connectivity index (χ4v) is 1.26. The molecule has 1 aliphatic heterocycles. The van der Waals surface area contributed by atoms with Crippen molar-refractivity contribution in [2.24, 2.45) is 11.7 Å². The Kier molecular flexibility index (Phi) is 2.90. The van der Waals surface area contributed by atoms with Gasteiger partial charge in [-0.15, -0.1) is 6.58 Å². The van der Waals surface area contributed by atoms with Crippen molar-refractivity contribution in [3.8, 4) is 0 Å². The van der Waals surface area contributed by atoms with Crippen LogP contribution >= 0.6 is 0 Å². The van der Waals surface area contributed by atoms with Gasteiger partial charge in [-0.2, -0.15) is 0 Å². The Hall–Kier alpha value is -0.340. The highest BCUT2D eigenvalue weighted by Crippen LogP contribution is 2.16. The second-order valence-electron chi connectivity index (χ2n) is 2.79. The average Bonchev–Trinajstić information content (AvgIpc) is 2.05. The van der Waals surface area contributed by atoms with Gasteiger partial charge in [0.1, 0.15) is 0 Å². The zero-order valence-electron chi connectivity index (χ0n) is 6.25. The third kappa shape index (κ3) is 1.82. The summed E-state index contributed by atoms with van der Waals surface area (Å²) in [7, 11) is 0. The van der Waals surface area contributed by atoms with Gasteiger partial charge in [0, 0.05) is 18.6 Å². The van der Waals surface area contributed by atoms with Crippen LogP contribution < -0.4 is 5.73 Å². The lowest BCUT2D eigenvalue weighted by atomic mass is 9.95. The van der Waals surface area contributed by atoms with Crippen molar-refractivity contribution in [1.82, 2.24) is 0 Å². The van der Waals surface area contributed by atoms with Crippen LogP contribution in [-0.4, -0.2) is 19.3 Å². The second-order valence-corrected chi connectivity index (χ2v) is 2.79. The first kappa shape index (κ1) is 7.76. The normalized spacial score (nSPS) is 29.5. The van der Waals surface area contributed by atoms with Crippen molar-refractivity contribution in [1.29, 1.82) is 0 Å². The van der Waals surface area contributed by atoms with Crippen LogP contribution in [0.1, 0.15) is 12.8 Å². The molecule has 1 rings (SSSR count). The third-order valence-corrected chi connectivity index (χ3v) is 2.01. The van der Waals surface area contributed by atoms with Gasteiger partial charge in [0.2, 0.25) is 0 Å². The maximum absolute atomic E-state index is 5.75. The molecule has 2 heteroatoms. The van der Waals surface area contributed by atoms with E-state index in [1.165, 1.54) is 6.42 Å². The minimum atomic E-state index is 0.125. The molecule has 2 unspecified atom stereocenters. The molecule has 1 heterocycles. The lowest BCUT2D eigenvalue weighted by Gasteiger charge is -2.25. The van der Waals surface area contributed by atoms with Gasteiger partial charge >= 0.3 is 0 Å². The van der Waals surface area contributed by atoms with E-state index in [0.29, 0.717) is 5.92 Å². The van der Waals surface area contributed by atoms with Crippen LogP contribution in [0.3, 0.4) is 0 Å². The van der Waals surface area contributed by atoms with Gasteiger partial charge in [0.05, 0.1) is 6.61 Å². The number of hydrogen-bond donors (Lipinski definition) is 1. The lowest BCUT2D eigenvalue weighted by Crippen LogP contribution is -2.33. The molecule has 0 radical (unpaired) electrons. The quantitative estimate of drug-likeness (QED) is 0.580. The van der Waals surface area contributed by atoms with E-state index >= 15 is 0 Å². The summed E-state index contributed by atoms with van der Waals surface area (Å²) < 4.78 is 5.28. The number of ether oxygens (including phenoxy) is 1. The Morgan fingerprint density at radius 1 is 1.70 bits per heavy atom. The zero-order valence-corrected chi connectivity index (χ0v) is 6.25. The van der Waals surface area contributed by atoms with Gasteiger partial charge in [-0.05, 0) is 12.8 Å². The van der Waals surface area contributed by atoms with Crippen LogP contribution in [0, 0.1) is 5.92 Å². The Labute approximate surface area is 62.1 Å². The van der Waals surface area contributed by atoms with Crippen molar-refractivity contribution in [2.45, 2.75) is 18.9 Å². The van der Waals surface area contributed by atoms with Gasteiger partial charge in [-0.1, -0.05) is 6.08 Å². The Morgan fingerprint density at radius 2 is 2.50 bits per heavy atom. The molecular formula is C8H15NO. The van der Waals surface area contributed by atoms with E-state index in [0.717, 1.165) is 19.6 Å². The molecule has 2 N–H and O–H groups in total. The molecule has 0 aromatic heterocycles. The largest absolute Gasteiger partial charge is 0.381 e. The van der Waals surface area contributed by atoms with Gasteiger partial charge in [-0.25, -0.2) is 0 Å². The van der Waals surface area contributed by atoms with E-state index in [-0.39, 0.29) is 6.04 Å². The Bertz CT molecular complexity index is 108. The predicted molar refractivity (Wildman–Crippen MR) is 41.7 cm³/mol. The molecule has 0 spiro atoms. The molecule has 0 aliphatic carbocycles. The van der Waals surface area contributed by atoms with Crippen molar-refractivity contribution in [3.63, 3.8) is 0 Å². The highest BCUT2D eigenvalue weighted by Gasteiger charge is 2.18. The van der Waals surface area contributed by atoms with Gasteiger partial charge in [0.15, 0.2) is 0 Å². The van der Waals surface area contributed by atoms with Gasteiger partial charge in [-0.3, -0.25) is 0 Å². The molecule has 0 amide bonds. The van der Waals surface area contributed by atoms with E-state index < -0.39 is 0 Å². The second kappa shape index (κ2) is 3.74. The first-order valence-corrected chi connectivity index (χ1v) is 3.80. The minimum Gasteiger partial charge on any atom is -0.381 e. The monoisotopic (exact) mass is 141 g/mol. The number of hydrogen-bond acceptors (Lipinski definition) is 2. The summed E-state index contributed by atoms with van der Waals surface area (Å²) in [5.41, 5.74) is 5.75. The molecule has 1 aliphatic rings. The highest BCUT2D eigenvalue weighted by molar-refractivity contribution is 4.88. The Balaban J connectivity index is 2.30. The molecular weight excluding hydrogens is 126 g/mol. The van der Waals surface area contributed by atoms with Crippen LogP contribution in [0.2, 0.25) is 0 Å². The van der Waals surface area contributed by atoms with E-state index in [2.05, 4.69) is 6.58 Å². The molecule has 0 aromatic rings. The van der Waals surface area contributed by atoms with Gasteiger partial charge < -0.3 is 10.5 Å². The maximum atomic E-state index is 5.75. The van der Waals surface area contributed by atoms with Gasteiger partial charge in [0.25, 0.3) is 0 Å². The van der Waals surface area contributed by atoms with Crippen molar-refractivity contribution >= 4 is 0 Å². The molecule has 0 saturated carbocycles. The topological polar surface area (TPSA) is 35.2 Å². The Morgan fingerprint density at radius 3 is 3.00 bits per heavy atom. The zero-order chi connectivity index (χ0) is 7.40. The van der Waals surface area contributed by atoms with E-state index in [1.807, 2.05) is 0 Å². The summed E-state index contributed by atoms with van der Waals surface area (Å²) >= 11 is 0. The standard InChI is InChI=1S/C8H15NO/c1-2-8(9)7-4-3-5-10-6-7/h2,7-8H,1,3-6,9H2. The third-order valence-electron chi connectivity index (χ3n) is 2.01. The predicted octanol–water partition coefficient (Wildman–Crippen LogP) is 0.926. The molecule has 2 atom stereocenters. The van der Waals surface area contributed by atoms with Crippen LogP contribution in [0.5, 0.6) is 0 Å². The fourth-order valence-electron chi connectivity index (χ4n) is 1.26. The summed E-state index contributed by atoms with van der Waals surface area (Å²) in [5.74, 6) is 0.506. The molecule has 0 aromatic carbocycles. The first-order chi connectivity index (χ1) is 4.84. The summed E-state index contributed by atoms with van der Waals surface area (Å²) in [6.07, 6.45) is 4.14. The van der Waals surface area contributed by atoms with Crippen molar-refractivity contribution in [3.05, 3.63) is 12.7 Å². The summed E-state index contributed by atoms with van der Waals surface area (Å²) in [4.78, 5) is 0. The molecule has 10 heavy (non-hydrogen) atoms. The molecule has 1 saturated heterocycles. The van der Waals surface area contributed by atoms with E-state index in [4.69, 9.17) is 10.5 Å². The van der Waals surface area contributed by atoms with Crippen LogP contribution in [0.15, 0.2) is 12.7 Å². The number of rotatable bonds is 2. The summed E-state index contributed by atoms with van der Waals surface area (Å²) in [5, 5.41) is 0. The smallest absolute Gasteiger partial charge is 0.0512 e. The maximum Gasteiger partial charge on any atom is 0.0512 e. The van der Waals surface area contributed by atoms with E-state index in [9.17, 15) is 0 Å². The minimum absolute atomic E-state index is 0.125. The van der Waals surface area contributed by atoms with Crippen LogP contribution in [0.25, 0.3) is 0 Å². The van der Waals surface area contributed by atoms with E-state index in [1.54, 1.807) is 6.08 Å². The molecule has 2 nitrogen and oxygen atoms in total. The van der Waals surface area contributed by atoms with Crippen molar-refractivity contribution < 1.29 is 4.74 Å². The molecule has 58 valence electrons. The average molecular weight is 141 g/mol. The van der Waals surface area contributed by atoms with Crippen molar-refractivity contribution in [2.75, 3.05) is 13.2 Å². The fraction of sp³-hybridized carbons (Fsp3) is 0.750. The summed E-state index contributed by atoms with van der Waals surface area (Å²) in [6.45, 7) is 5.37. The highest BCUT2D eigenvalue weighted by atomic mass is 16.5. The number of nitrogens with two attached hydrogens (primary N) is 1. The van der Waals surface area contributed by atoms with Crippen LogP contribution in [0.4, 0.5) is 0 Å². The first-order valence-electron chi connectivity index (χ1n) is 3.80.